The van der Waals surface area contributed by atoms with Gasteiger partial charge in [0.15, 0.2) is 0 Å². The summed E-state index contributed by atoms with van der Waals surface area (Å²) in [5, 5.41) is 4.63. The molecule has 3 aliphatic rings. The summed E-state index contributed by atoms with van der Waals surface area (Å²) in [6.07, 6.45) is 5.93. The van der Waals surface area contributed by atoms with Crippen LogP contribution in [0.5, 0.6) is 0 Å². The molecule has 7 heteroatoms. The molecule has 6 rings (SSSR count). The number of aromatic amines is 1. The second kappa shape index (κ2) is 6.71. The molecule has 5 heterocycles. The van der Waals surface area contributed by atoms with Crippen molar-refractivity contribution in [3.63, 3.8) is 0 Å². The minimum Gasteiger partial charge on any atom is -0.378 e. The van der Waals surface area contributed by atoms with Gasteiger partial charge in [0, 0.05) is 42.6 Å². The summed E-state index contributed by atoms with van der Waals surface area (Å²) in [6, 6.07) is 9.10. The lowest BCUT2D eigenvalue weighted by Gasteiger charge is -2.35. The zero-order valence-electron chi connectivity index (χ0n) is 16.5. The van der Waals surface area contributed by atoms with Crippen LogP contribution in [0.3, 0.4) is 0 Å². The van der Waals surface area contributed by atoms with E-state index in [1.54, 1.807) is 6.33 Å². The molecule has 0 aliphatic carbocycles. The molecule has 7 nitrogen and oxygen atoms in total. The Hall–Kier alpha value is -2.64. The molecule has 2 aromatic heterocycles. The number of nitrogens with zero attached hydrogens (tertiary/aromatic N) is 4. The lowest BCUT2D eigenvalue weighted by molar-refractivity contribution is 0.122. The normalized spacial score (nSPS) is 21.1. The summed E-state index contributed by atoms with van der Waals surface area (Å²) in [7, 11) is 0. The number of aromatic nitrogens is 3. The lowest BCUT2D eigenvalue weighted by atomic mass is 9.74. The summed E-state index contributed by atoms with van der Waals surface area (Å²) in [5.41, 5.74) is 5.17. The van der Waals surface area contributed by atoms with Gasteiger partial charge in [-0.25, -0.2) is 9.97 Å². The summed E-state index contributed by atoms with van der Waals surface area (Å²) in [4.78, 5) is 17.2. The zero-order valence-corrected chi connectivity index (χ0v) is 16.5. The summed E-state index contributed by atoms with van der Waals surface area (Å²) >= 11 is 0. The molecule has 0 radical (unpaired) electrons. The summed E-state index contributed by atoms with van der Waals surface area (Å²) in [5.74, 6) is 1.01. The molecule has 0 atom stereocenters. The monoisotopic (exact) mass is 390 g/mol. The van der Waals surface area contributed by atoms with Gasteiger partial charge in [0.1, 0.15) is 17.8 Å². The van der Waals surface area contributed by atoms with E-state index in [1.165, 1.54) is 16.9 Å². The van der Waals surface area contributed by atoms with Crippen molar-refractivity contribution >= 4 is 28.2 Å². The van der Waals surface area contributed by atoms with Gasteiger partial charge in [-0.05, 0) is 55.8 Å². The first-order chi connectivity index (χ1) is 14.3. The van der Waals surface area contributed by atoms with Crippen molar-refractivity contribution < 1.29 is 4.74 Å². The number of rotatable bonds is 2. The van der Waals surface area contributed by atoms with Crippen LogP contribution in [0.15, 0.2) is 36.8 Å². The van der Waals surface area contributed by atoms with Crippen molar-refractivity contribution in [3.05, 3.63) is 42.4 Å². The van der Waals surface area contributed by atoms with Crippen LogP contribution in [0.4, 0.5) is 17.2 Å². The molecule has 2 N–H and O–H groups in total. The van der Waals surface area contributed by atoms with Crippen LogP contribution in [0.1, 0.15) is 18.4 Å². The minimum absolute atomic E-state index is 0.177. The van der Waals surface area contributed by atoms with Crippen molar-refractivity contribution in [1.82, 2.24) is 20.3 Å². The smallest absolute Gasteiger partial charge is 0.145 e. The van der Waals surface area contributed by atoms with Gasteiger partial charge in [-0.2, -0.15) is 0 Å². The number of benzene rings is 1. The maximum Gasteiger partial charge on any atom is 0.145 e. The third-order valence-electron chi connectivity index (χ3n) is 6.83. The predicted molar refractivity (Wildman–Crippen MR) is 114 cm³/mol. The van der Waals surface area contributed by atoms with E-state index in [4.69, 9.17) is 9.72 Å². The van der Waals surface area contributed by atoms with Crippen LogP contribution in [0.2, 0.25) is 0 Å². The van der Waals surface area contributed by atoms with Crippen LogP contribution < -0.4 is 15.1 Å². The maximum atomic E-state index is 5.56. The molecule has 3 aromatic rings. The molecule has 1 aromatic carbocycles. The van der Waals surface area contributed by atoms with Gasteiger partial charge in [-0.3, -0.25) is 0 Å². The topological polar surface area (TPSA) is 69.3 Å². The van der Waals surface area contributed by atoms with E-state index in [2.05, 4.69) is 49.4 Å². The van der Waals surface area contributed by atoms with Gasteiger partial charge in [-0.1, -0.05) is 0 Å². The second-order valence-electron chi connectivity index (χ2n) is 8.35. The Morgan fingerprint density at radius 3 is 2.76 bits per heavy atom. The molecule has 0 amide bonds. The van der Waals surface area contributed by atoms with Crippen LogP contribution >= 0.6 is 0 Å². The zero-order chi connectivity index (χ0) is 19.3. The van der Waals surface area contributed by atoms with E-state index in [0.717, 1.165) is 75.6 Å². The first-order valence-electron chi connectivity index (χ1n) is 10.6. The summed E-state index contributed by atoms with van der Waals surface area (Å²) < 4.78 is 5.56. The fourth-order valence-corrected chi connectivity index (χ4v) is 5.27. The molecule has 29 heavy (non-hydrogen) atoms. The highest BCUT2D eigenvalue weighted by molar-refractivity contribution is 5.91. The van der Waals surface area contributed by atoms with E-state index in [-0.39, 0.29) is 5.41 Å². The molecule has 3 aliphatic heterocycles. The third-order valence-corrected chi connectivity index (χ3v) is 6.83. The fourth-order valence-electron chi connectivity index (χ4n) is 5.27. The van der Waals surface area contributed by atoms with E-state index >= 15 is 0 Å². The fraction of sp³-hybridized carbons (Fsp3) is 0.455. The number of piperidine rings is 1. The number of anilines is 3. The Balaban J connectivity index is 1.47. The van der Waals surface area contributed by atoms with E-state index in [0.29, 0.717) is 0 Å². The number of H-pyrrole nitrogens is 1. The maximum absolute atomic E-state index is 5.56. The van der Waals surface area contributed by atoms with Crippen molar-refractivity contribution in [3.8, 4) is 0 Å². The number of hydrogen-bond acceptors (Lipinski definition) is 6. The van der Waals surface area contributed by atoms with Gasteiger partial charge in [-0.15, -0.1) is 0 Å². The molecule has 0 saturated carbocycles. The quantitative estimate of drug-likeness (QED) is 0.701. The molecule has 0 bridgehead atoms. The average molecular weight is 390 g/mol. The minimum atomic E-state index is 0.177. The Morgan fingerprint density at radius 1 is 1.03 bits per heavy atom. The lowest BCUT2D eigenvalue weighted by Crippen LogP contribution is -2.42. The van der Waals surface area contributed by atoms with E-state index < -0.39 is 0 Å². The van der Waals surface area contributed by atoms with Gasteiger partial charge in [0.25, 0.3) is 0 Å². The van der Waals surface area contributed by atoms with Gasteiger partial charge in [0.2, 0.25) is 0 Å². The molecular weight excluding hydrogens is 364 g/mol. The SMILES string of the molecule is c1nc(N2CC3(CCNCC3)c3cc(N4CCOCC4)ccc32)c2cc[nH]c2n1. The highest BCUT2D eigenvalue weighted by Crippen LogP contribution is 2.50. The number of nitrogens with one attached hydrogen (secondary N) is 2. The second-order valence-corrected chi connectivity index (χ2v) is 8.35. The highest BCUT2D eigenvalue weighted by atomic mass is 16.5. The molecule has 150 valence electrons. The molecule has 1 spiro atoms. The number of ether oxygens (including phenoxy) is 1. The van der Waals surface area contributed by atoms with Gasteiger partial charge < -0.3 is 24.8 Å². The van der Waals surface area contributed by atoms with E-state index in [1.807, 2.05) is 6.20 Å². The number of hydrogen-bond donors (Lipinski definition) is 2. The van der Waals surface area contributed by atoms with Crippen molar-refractivity contribution in [2.75, 3.05) is 55.7 Å². The standard InChI is InChI=1S/C22H26N6O/c1-2-19-18(13-16(1)27-9-11-29-12-10-27)22(4-7-23-8-5-22)14-28(19)21-17-3-6-24-20(17)25-15-26-21/h1-3,6,13,15,23H,4-5,7-12,14H2,(H,24,25,26). The van der Waals surface area contributed by atoms with Gasteiger partial charge in [0.05, 0.1) is 18.6 Å². The van der Waals surface area contributed by atoms with Crippen LogP contribution in [-0.4, -0.2) is 60.9 Å². The van der Waals surface area contributed by atoms with Crippen molar-refractivity contribution in [1.29, 1.82) is 0 Å². The van der Waals surface area contributed by atoms with Gasteiger partial charge >= 0.3 is 0 Å². The predicted octanol–water partition coefficient (Wildman–Crippen LogP) is 2.57. The van der Waals surface area contributed by atoms with Crippen LogP contribution in [0.25, 0.3) is 11.0 Å². The number of morpholine rings is 1. The Morgan fingerprint density at radius 2 is 1.90 bits per heavy atom. The highest BCUT2D eigenvalue weighted by Gasteiger charge is 2.44. The average Bonchev–Trinajstić information content (AvgIpc) is 3.38. The van der Waals surface area contributed by atoms with Crippen LogP contribution in [-0.2, 0) is 10.2 Å². The summed E-state index contributed by atoms with van der Waals surface area (Å²) in [6.45, 7) is 6.67. The van der Waals surface area contributed by atoms with Crippen molar-refractivity contribution in [2.45, 2.75) is 18.3 Å². The number of fused-ring (bicyclic) bond motifs is 3. The Kier molecular flexibility index (Phi) is 3.99. The first kappa shape index (κ1) is 17.2. The van der Waals surface area contributed by atoms with Crippen molar-refractivity contribution in [2.24, 2.45) is 0 Å². The Bertz CT molecular complexity index is 1030. The first-order valence-corrected chi connectivity index (χ1v) is 10.6. The molecule has 2 fully saturated rings. The van der Waals surface area contributed by atoms with E-state index in [9.17, 15) is 0 Å². The molecule has 0 unspecified atom stereocenters. The molecular formula is C22H26N6O. The largest absolute Gasteiger partial charge is 0.378 e. The third kappa shape index (κ3) is 2.72. The van der Waals surface area contributed by atoms with Crippen LogP contribution in [0, 0.1) is 0 Å². The Labute approximate surface area is 170 Å². The molecule has 2 saturated heterocycles.